The second kappa shape index (κ2) is 5.74. The third kappa shape index (κ3) is 2.97. The lowest BCUT2D eigenvalue weighted by Crippen LogP contribution is -2.41. The number of aryl methyl sites for hydroxylation is 1. The Bertz CT molecular complexity index is 438. The molecule has 5 heteroatoms. The molecule has 1 fully saturated rings. The monoisotopic (exact) mass is 263 g/mol. The van der Waals surface area contributed by atoms with Crippen LogP contribution in [0.4, 0.5) is 0 Å². The molecule has 1 saturated heterocycles. The zero-order valence-electron chi connectivity index (χ0n) is 11.2. The van der Waals surface area contributed by atoms with Gasteiger partial charge in [0.15, 0.2) is 0 Å². The fraction of sp³-hybridized carbons (Fsp3) is 0.714. The zero-order chi connectivity index (χ0) is 13.1. The van der Waals surface area contributed by atoms with E-state index in [0.717, 1.165) is 57.6 Å². The van der Waals surface area contributed by atoms with Gasteiger partial charge in [-0.05, 0) is 31.6 Å². The van der Waals surface area contributed by atoms with E-state index < -0.39 is 0 Å². The minimum atomic E-state index is -0.221. The summed E-state index contributed by atoms with van der Waals surface area (Å²) in [5, 5.41) is 3.05. The highest BCUT2D eigenvalue weighted by Crippen LogP contribution is 2.18. The van der Waals surface area contributed by atoms with Crippen molar-refractivity contribution in [1.29, 1.82) is 0 Å². The molecule has 0 aromatic carbocycles. The van der Waals surface area contributed by atoms with Crippen LogP contribution in [0, 0.1) is 5.92 Å². The van der Waals surface area contributed by atoms with Crippen LogP contribution < -0.4 is 5.32 Å². The highest BCUT2D eigenvalue weighted by atomic mass is 16.5. The van der Waals surface area contributed by atoms with Crippen LogP contribution in [0.15, 0.2) is 12.4 Å². The molecule has 104 valence electrons. The summed E-state index contributed by atoms with van der Waals surface area (Å²) in [5.74, 6) is 1.74. The van der Waals surface area contributed by atoms with Gasteiger partial charge in [-0.25, -0.2) is 4.98 Å². The maximum atomic E-state index is 12.0. The van der Waals surface area contributed by atoms with Crippen molar-refractivity contribution in [3.05, 3.63) is 18.2 Å². The van der Waals surface area contributed by atoms with E-state index in [2.05, 4.69) is 14.9 Å². The van der Waals surface area contributed by atoms with E-state index in [1.54, 1.807) is 0 Å². The predicted octanol–water partition coefficient (Wildman–Crippen LogP) is 1.13. The van der Waals surface area contributed by atoms with Crippen LogP contribution in [-0.2, 0) is 22.5 Å². The lowest BCUT2D eigenvalue weighted by Gasteiger charge is -2.26. The van der Waals surface area contributed by atoms with Crippen LogP contribution in [-0.4, -0.2) is 34.7 Å². The molecule has 5 nitrogen and oxygen atoms in total. The quantitative estimate of drug-likeness (QED) is 0.889. The summed E-state index contributed by atoms with van der Waals surface area (Å²) in [6, 6.07) is 0. The van der Waals surface area contributed by atoms with Crippen molar-refractivity contribution in [3.63, 3.8) is 0 Å². The molecule has 1 N–H and O–H groups in total. The summed E-state index contributed by atoms with van der Waals surface area (Å²) in [5.41, 5.74) is 0. The first kappa shape index (κ1) is 12.7. The molecule has 3 rings (SSSR count). The van der Waals surface area contributed by atoms with Gasteiger partial charge in [-0.2, -0.15) is 0 Å². The summed E-state index contributed by atoms with van der Waals surface area (Å²) in [7, 11) is 0. The standard InChI is InChI=1S/C14H21N3O2/c18-14(12-3-1-2-8-19-12)16-9-11-4-5-13-15-6-7-17(13)10-11/h6-7,11-12H,1-5,8-10H2,(H,16,18)/t11-,12+/m0/s1. The Morgan fingerprint density at radius 1 is 1.47 bits per heavy atom. The summed E-state index contributed by atoms with van der Waals surface area (Å²) in [4.78, 5) is 16.3. The number of aromatic nitrogens is 2. The third-order valence-corrected chi connectivity index (χ3v) is 4.07. The molecular weight excluding hydrogens is 242 g/mol. The van der Waals surface area contributed by atoms with Crippen LogP contribution in [0.25, 0.3) is 0 Å². The van der Waals surface area contributed by atoms with Crippen LogP contribution in [0.1, 0.15) is 31.5 Å². The van der Waals surface area contributed by atoms with E-state index >= 15 is 0 Å². The molecule has 0 aliphatic carbocycles. The molecular formula is C14H21N3O2. The number of nitrogens with zero attached hydrogens (tertiary/aromatic N) is 2. The van der Waals surface area contributed by atoms with Gasteiger partial charge in [0.2, 0.25) is 5.91 Å². The predicted molar refractivity (Wildman–Crippen MR) is 70.6 cm³/mol. The van der Waals surface area contributed by atoms with Gasteiger partial charge in [0.1, 0.15) is 11.9 Å². The van der Waals surface area contributed by atoms with E-state index in [9.17, 15) is 4.79 Å². The maximum Gasteiger partial charge on any atom is 0.249 e. The van der Waals surface area contributed by atoms with Crippen molar-refractivity contribution in [2.24, 2.45) is 5.92 Å². The number of hydrogen-bond acceptors (Lipinski definition) is 3. The first-order valence-electron chi connectivity index (χ1n) is 7.22. The Hall–Kier alpha value is -1.36. The molecule has 2 aliphatic heterocycles. The smallest absolute Gasteiger partial charge is 0.249 e. The van der Waals surface area contributed by atoms with Gasteiger partial charge in [0, 0.05) is 38.5 Å². The molecule has 19 heavy (non-hydrogen) atoms. The summed E-state index contributed by atoms with van der Waals surface area (Å²) < 4.78 is 7.69. The Kier molecular flexibility index (Phi) is 3.82. The topological polar surface area (TPSA) is 56.2 Å². The van der Waals surface area contributed by atoms with Crippen molar-refractivity contribution in [2.45, 2.75) is 44.8 Å². The van der Waals surface area contributed by atoms with Gasteiger partial charge in [0.05, 0.1) is 0 Å². The number of hydrogen-bond donors (Lipinski definition) is 1. The normalized spacial score (nSPS) is 26.7. The van der Waals surface area contributed by atoms with Crippen LogP contribution in [0.2, 0.25) is 0 Å². The zero-order valence-corrected chi connectivity index (χ0v) is 11.2. The highest BCUT2D eigenvalue weighted by molar-refractivity contribution is 5.80. The first-order chi connectivity index (χ1) is 9.33. The van der Waals surface area contributed by atoms with Gasteiger partial charge >= 0.3 is 0 Å². The average Bonchev–Trinajstić information content (AvgIpc) is 2.93. The molecule has 3 heterocycles. The summed E-state index contributed by atoms with van der Waals surface area (Å²) >= 11 is 0. The number of rotatable bonds is 3. The van der Waals surface area contributed by atoms with E-state index in [-0.39, 0.29) is 12.0 Å². The van der Waals surface area contributed by atoms with Crippen LogP contribution in [0.5, 0.6) is 0 Å². The largest absolute Gasteiger partial charge is 0.368 e. The number of fused-ring (bicyclic) bond motifs is 1. The summed E-state index contributed by atoms with van der Waals surface area (Å²) in [6.45, 7) is 2.43. The van der Waals surface area contributed by atoms with Gasteiger partial charge < -0.3 is 14.6 Å². The maximum absolute atomic E-state index is 12.0. The molecule has 2 aliphatic rings. The number of carbonyl (C=O) groups excluding carboxylic acids is 1. The molecule has 0 spiro atoms. The Balaban J connectivity index is 1.46. The molecule has 0 bridgehead atoms. The molecule has 0 unspecified atom stereocenters. The van der Waals surface area contributed by atoms with Crippen molar-refractivity contribution in [1.82, 2.24) is 14.9 Å². The number of imidazole rings is 1. The van der Waals surface area contributed by atoms with Gasteiger partial charge in [-0.15, -0.1) is 0 Å². The van der Waals surface area contributed by atoms with Gasteiger partial charge in [0.25, 0.3) is 0 Å². The molecule has 1 amide bonds. The highest BCUT2D eigenvalue weighted by Gasteiger charge is 2.24. The summed E-state index contributed by atoms with van der Waals surface area (Å²) in [6.07, 6.45) is 8.80. The third-order valence-electron chi connectivity index (χ3n) is 4.07. The van der Waals surface area contributed by atoms with Gasteiger partial charge in [-0.3, -0.25) is 4.79 Å². The number of nitrogens with one attached hydrogen (secondary N) is 1. The second-order valence-electron chi connectivity index (χ2n) is 5.50. The molecule has 2 atom stereocenters. The van der Waals surface area contributed by atoms with E-state index in [1.807, 2.05) is 12.4 Å². The van der Waals surface area contributed by atoms with Crippen molar-refractivity contribution < 1.29 is 9.53 Å². The number of amides is 1. The lowest BCUT2D eigenvalue weighted by molar-refractivity contribution is -0.135. The van der Waals surface area contributed by atoms with E-state index in [1.165, 1.54) is 0 Å². The minimum absolute atomic E-state index is 0.0659. The second-order valence-corrected chi connectivity index (χ2v) is 5.50. The SMILES string of the molecule is O=C(NC[C@@H]1CCc2nccn2C1)[C@H]1CCCCO1. The van der Waals surface area contributed by atoms with Crippen LogP contribution >= 0.6 is 0 Å². The van der Waals surface area contributed by atoms with Gasteiger partial charge in [-0.1, -0.05) is 0 Å². The fourth-order valence-electron chi connectivity index (χ4n) is 2.91. The van der Waals surface area contributed by atoms with Crippen LogP contribution in [0.3, 0.4) is 0 Å². The minimum Gasteiger partial charge on any atom is -0.368 e. The Morgan fingerprint density at radius 2 is 2.42 bits per heavy atom. The molecule has 1 aromatic rings. The van der Waals surface area contributed by atoms with Crippen molar-refractivity contribution in [2.75, 3.05) is 13.2 Å². The average molecular weight is 263 g/mol. The fourth-order valence-corrected chi connectivity index (χ4v) is 2.91. The Morgan fingerprint density at radius 3 is 3.26 bits per heavy atom. The number of carbonyl (C=O) groups is 1. The number of ether oxygens (including phenoxy) is 1. The van der Waals surface area contributed by atoms with Crippen molar-refractivity contribution >= 4 is 5.91 Å². The van der Waals surface area contributed by atoms with Crippen molar-refractivity contribution in [3.8, 4) is 0 Å². The van der Waals surface area contributed by atoms with E-state index in [0.29, 0.717) is 5.92 Å². The first-order valence-corrected chi connectivity index (χ1v) is 7.22. The molecule has 0 saturated carbocycles. The Labute approximate surface area is 113 Å². The molecule has 0 radical (unpaired) electrons. The molecule has 1 aromatic heterocycles. The van der Waals surface area contributed by atoms with E-state index in [4.69, 9.17) is 4.74 Å². The lowest BCUT2D eigenvalue weighted by atomic mass is 9.99.